The molecular weight excluding hydrogens is 520 g/mol. The standard InChI is InChI=1S/C31H38N6O4/c1-4-29(38)33-24-6-5-7-27(18-24)41-30-28(40-3)19-32-31(35-30)34-23-8-10-25(11-9-23)37(26-12-13-26)21-22-14-15-36(20-22)16-17-39-2/h4-11,18-19,22,26H,1,12-17,20-21H2,2-3H3,(H,33,38)(H,32,34,35). The van der Waals surface area contributed by atoms with Gasteiger partial charge in [-0.1, -0.05) is 12.6 Å². The van der Waals surface area contributed by atoms with Crippen LogP contribution in [0, 0.1) is 5.92 Å². The molecule has 0 bridgehead atoms. The Hall–Kier alpha value is -4.15. The first-order valence-electron chi connectivity index (χ1n) is 14.0. The van der Waals surface area contributed by atoms with Gasteiger partial charge in [0.2, 0.25) is 11.9 Å². The Morgan fingerprint density at radius 2 is 1.98 bits per heavy atom. The van der Waals surface area contributed by atoms with E-state index in [1.54, 1.807) is 37.6 Å². The van der Waals surface area contributed by atoms with Gasteiger partial charge < -0.3 is 34.6 Å². The summed E-state index contributed by atoms with van der Waals surface area (Å²) in [5.41, 5.74) is 2.70. The van der Waals surface area contributed by atoms with Gasteiger partial charge in [-0.25, -0.2) is 4.98 Å². The molecule has 2 aromatic carbocycles. The van der Waals surface area contributed by atoms with Crippen molar-refractivity contribution in [3.05, 3.63) is 67.4 Å². The predicted octanol–water partition coefficient (Wildman–Crippen LogP) is 5.08. The lowest BCUT2D eigenvalue weighted by molar-refractivity contribution is -0.111. The maximum atomic E-state index is 11.7. The van der Waals surface area contributed by atoms with Crippen LogP contribution in [0.2, 0.25) is 0 Å². The molecule has 1 unspecified atom stereocenters. The lowest BCUT2D eigenvalue weighted by atomic mass is 10.1. The van der Waals surface area contributed by atoms with Gasteiger partial charge in [0.1, 0.15) is 5.75 Å². The summed E-state index contributed by atoms with van der Waals surface area (Å²) in [5, 5.41) is 5.99. The van der Waals surface area contributed by atoms with Crippen LogP contribution in [0.4, 0.5) is 23.0 Å². The third-order valence-corrected chi connectivity index (χ3v) is 7.32. The number of hydrogen-bond acceptors (Lipinski definition) is 9. The highest BCUT2D eigenvalue weighted by Crippen LogP contribution is 2.35. The minimum absolute atomic E-state index is 0.254. The van der Waals surface area contributed by atoms with Crippen LogP contribution >= 0.6 is 0 Å². The fraction of sp³-hybridized carbons (Fsp3) is 0.387. The summed E-state index contributed by atoms with van der Waals surface area (Å²) < 4.78 is 16.7. The Morgan fingerprint density at radius 3 is 2.71 bits per heavy atom. The number of hydrogen-bond donors (Lipinski definition) is 2. The minimum atomic E-state index is -0.303. The Balaban J connectivity index is 1.24. The quantitative estimate of drug-likeness (QED) is 0.262. The fourth-order valence-electron chi connectivity index (χ4n) is 5.05. The number of amides is 1. The zero-order chi connectivity index (χ0) is 28.6. The van der Waals surface area contributed by atoms with Crippen molar-refractivity contribution in [1.29, 1.82) is 0 Å². The van der Waals surface area contributed by atoms with Crippen LogP contribution < -0.4 is 25.0 Å². The number of anilines is 4. The normalized spacial score (nSPS) is 16.7. The van der Waals surface area contributed by atoms with Crippen molar-refractivity contribution >= 4 is 28.9 Å². The molecule has 2 aliphatic rings. The molecule has 5 rings (SSSR count). The van der Waals surface area contributed by atoms with E-state index in [0.29, 0.717) is 35.1 Å². The molecule has 0 radical (unpaired) electrons. The molecule has 1 aliphatic carbocycles. The van der Waals surface area contributed by atoms with Gasteiger partial charge in [0, 0.05) is 55.9 Å². The van der Waals surface area contributed by atoms with Gasteiger partial charge in [-0.15, -0.1) is 0 Å². The molecule has 1 saturated carbocycles. The summed E-state index contributed by atoms with van der Waals surface area (Å²) in [6, 6.07) is 16.1. The zero-order valence-corrected chi connectivity index (χ0v) is 23.7. The van der Waals surface area contributed by atoms with E-state index < -0.39 is 0 Å². The van der Waals surface area contributed by atoms with E-state index in [1.807, 2.05) is 0 Å². The molecule has 0 spiro atoms. The second-order valence-corrected chi connectivity index (χ2v) is 10.4. The maximum Gasteiger partial charge on any atom is 0.267 e. The number of ether oxygens (including phenoxy) is 3. The van der Waals surface area contributed by atoms with Crippen molar-refractivity contribution < 1.29 is 19.0 Å². The van der Waals surface area contributed by atoms with Gasteiger partial charge in [-0.3, -0.25) is 4.79 Å². The Bertz CT molecular complexity index is 1330. The molecule has 1 saturated heterocycles. The lowest BCUT2D eigenvalue weighted by Crippen LogP contribution is -2.33. The molecule has 41 heavy (non-hydrogen) atoms. The van der Waals surface area contributed by atoms with Crippen molar-refractivity contribution in [3.8, 4) is 17.4 Å². The number of aromatic nitrogens is 2. The number of benzene rings is 2. The van der Waals surface area contributed by atoms with Crippen molar-refractivity contribution in [1.82, 2.24) is 14.9 Å². The highest BCUT2D eigenvalue weighted by molar-refractivity contribution is 5.98. The zero-order valence-electron chi connectivity index (χ0n) is 23.7. The van der Waals surface area contributed by atoms with E-state index in [1.165, 1.54) is 38.1 Å². The number of nitrogens with zero attached hydrogens (tertiary/aromatic N) is 4. The van der Waals surface area contributed by atoms with Gasteiger partial charge in [0.15, 0.2) is 5.75 Å². The van der Waals surface area contributed by atoms with Crippen LogP contribution in [0.15, 0.2) is 67.4 Å². The number of methoxy groups -OCH3 is 2. The predicted molar refractivity (Wildman–Crippen MR) is 160 cm³/mol. The molecule has 3 aromatic rings. The van der Waals surface area contributed by atoms with E-state index in [9.17, 15) is 4.79 Å². The lowest BCUT2D eigenvalue weighted by Gasteiger charge is -2.28. The molecule has 2 fully saturated rings. The monoisotopic (exact) mass is 558 g/mol. The number of nitrogens with one attached hydrogen (secondary N) is 2. The topological polar surface area (TPSA) is 101 Å². The van der Waals surface area contributed by atoms with E-state index in [4.69, 9.17) is 14.2 Å². The fourth-order valence-corrected chi connectivity index (χ4v) is 5.05. The van der Waals surface area contributed by atoms with Gasteiger partial charge in [-0.05, 0) is 74.2 Å². The van der Waals surface area contributed by atoms with Crippen LogP contribution in [0.25, 0.3) is 0 Å². The largest absolute Gasteiger partial charge is 0.490 e. The summed E-state index contributed by atoms with van der Waals surface area (Å²) in [6.07, 6.45) is 6.52. The first-order valence-corrected chi connectivity index (χ1v) is 14.0. The van der Waals surface area contributed by atoms with Crippen LogP contribution in [0.1, 0.15) is 19.3 Å². The van der Waals surface area contributed by atoms with Gasteiger partial charge in [-0.2, -0.15) is 4.98 Å². The summed E-state index contributed by atoms with van der Waals surface area (Å²) >= 11 is 0. The molecule has 2 heterocycles. The summed E-state index contributed by atoms with van der Waals surface area (Å²) in [5.74, 6) is 1.89. The average molecular weight is 559 g/mol. The smallest absolute Gasteiger partial charge is 0.267 e. The van der Waals surface area contributed by atoms with E-state index in [-0.39, 0.29) is 11.8 Å². The van der Waals surface area contributed by atoms with Gasteiger partial charge in [0.25, 0.3) is 5.88 Å². The molecule has 1 aromatic heterocycles. The van der Waals surface area contributed by atoms with Crippen molar-refractivity contribution in [3.63, 3.8) is 0 Å². The van der Waals surface area contributed by atoms with Crippen LogP contribution in [-0.4, -0.2) is 73.8 Å². The molecule has 1 amide bonds. The Labute approximate surface area is 241 Å². The third kappa shape index (κ3) is 7.74. The highest BCUT2D eigenvalue weighted by atomic mass is 16.5. The maximum absolute atomic E-state index is 11.7. The number of likely N-dealkylation sites (tertiary alicyclic amines) is 1. The Morgan fingerprint density at radius 1 is 1.15 bits per heavy atom. The first kappa shape index (κ1) is 28.4. The van der Waals surface area contributed by atoms with Gasteiger partial charge >= 0.3 is 0 Å². The van der Waals surface area contributed by atoms with E-state index in [2.05, 4.69) is 61.2 Å². The minimum Gasteiger partial charge on any atom is -0.490 e. The molecular formula is C31H38N6O4. The third-order valence-electron chi connectivity index (χ3n) is 7.32. The Kier molecular flexibility index (Phi) is 9.33. The molecule has 2 N–H and O–H groups in total. The first-order chi connectivity index (χ1) is 20.0. The van der Waals surface area contributed by atoms with Crippen LogP contribution in [0.3, 0.4) is 0 Å². The number of rotatable bonds is 14. The second kappa shape index (κ2) is 13.5. The number of carbonyl (C=O) groups excluding carboxylic acids is 1. The highest BCUT2D eigenvalue weighted by Gasteiger charge is 2.33. The van der Waals surface area contributed by atoms with Gasteiger partial charge in [0.05, 0.1) is 19.9 Å². The molecule has 1 aliphatic heterocycles. The number of carbonyl (C=O) groups is 1. The molecule has 1 atom stereocenters. The molecule has 10 heteroatoms. The second-order valence-electron chi connectivity index (χ2n) is 10.4. The van der Waals surface area contributed by atoms with Crippen LogP contribution in [-0.2, 0) is 9.53 Å². The van der Waals surface area contributed by atoms with E-state index in [0.717, 1.165) is 38.5 Å². The summed E-state index contributed by atoms with van der Waals surface area (Å²) in [6.45, 7) is 8.66. The summed E-state index contributed by atoms with van der Waals surface area (Å²) in [7, 11) is 3.30. The van der Waals surface area contributed by atoms with Crippen molar-refractivity contribution in [2.45, 2.75) is 25.3 Å². The summed E-state index contributed by atoms with van der Waals surface area (Å²) in [4.78, 5) is 25.7. The average Bonchev–Trinajstić information content (AvgIpc) is 3.74. The molecule has 10 nitrogen and oxygen atoms in total. The van der Waals surface area contributed by atoms with Crippen molar-refractivity contribution in [2.75, 3.05) is 62.5 Å². The van der Waals surface area contributed by atoms with E-state index >= 15 is 0 Å². The van der Waals surface area contributed by atoms with Crippen LogP contribution in [0.5, 0.6) is 17.4 Å². The molecule has 216 valence electrons. The SMILES string of the molecule is C=CC(=O)Nc1cccc(Oc2nc(Nc3ccc(N(CC4CCN(CCOC)C4)C4CC4)cc3)ncc2OC)c1. The van der Waals surface area contributed by atoms with Crippen molar-refractivity contribution in [2.24, 2.45) is 5.92 Å².